The zero-order chi connectivity index (χ0) is 14.8. The molecule has 0 bridgehead atoms. The van der Waals surface area contributed by atoms with Crippen molar-refractivity contribution in [2.45, 2.75) is 12.8 Å². The van der Waals surface area contributed by atoms with Gasteiger partial charge in [0.2, 0.25) is 0 Å². The maximum Gasteiger partial charge on any atom is 0.274 e. The molecule has 0 saturated carbocycles. The lowest BCUT2D eigenvalue weighted by Crippen LogP contribution is -2.35. The summed E-state index contributed by atoms with van der Waals surface area (Å²) in [6, 6.07) is 5.44. The van der Waals surface area contributed by atoms with Gasteiger partial charge in [-0.05, 0) is 44.1 Å². The Morgan fingerprint density at radius 1 is 1.43 bits per heavy atom. The van der Waals surface area contributed by atoms with Gasteiger partial charge in [-0.3, -0.25) is 9.89 Å². The molecule has 0 aliphatic carbocycles. The van der Waals surface area contributed by atoms with E-state index in [4.69, 9.17) is 5.73 Å². The zero-order valence-electron chi connectivity index (χ0n) is 12.3. The lowest BCUT2D eigenvalue weighted by Gasteiger charge is -2.20. The number of aromatic amines is 1. The number of anilines is 1. The summed E-state index contributed by atoms with van der Waals surface area (Å²) < 4.78 is 0. The lowest BCUT2D eigenvalue weighted by molar-refractivity contribution is 0.0778. The van der Waals surface area contributed by atoms with Gasteiger partial charge in [0.15, 0.2) is 5.69 Å². The molecule has 1 aromatic carbocycles. The predicted octanol–water partition coefficient (Wildman–Crippen LogP) is 1.31. The molecule has 3 rings (SSSR count). The van der Waals surface area contributed by atoms with E-state index < -0.39 is 0 Å². The second-order valence-corrected chi connectivity index (χ2v) is 5.65. The van der Waals surface area contributed by atoms with Gasteiger partial charge in [-0.25, -0.2) is 0 Å². The molecule has 1 aliphatic rings. The van der Waals surface area contributed by atoms with Gasteiger partial charge in [-0.2, -0.15) is 5.10 Å². The summed E-state index contributed by atoms with van der Waals surface area (Å²) in [5.41, 5.74) is 7.71. The average molecular weight is 287 g/mol. The number of carbonyl (C=O) groups excluding carboxylic acids is 1. The number of likely N-dealkylation sites (N-methyl/N-ethyl adjacent to an activating group) is 1. The van der Waals surface area contributed by atoms with Crippen molar-refractivity contribution < 1.29 is 4.79 Å². The molecule has 0 spiro atoms. The van der Waals surface area contributed by atoms with Gasteiger partial charge in [-0.15, -0.1) is 0 Å². The normalized spacial score (nSPS) is 15.7. The quantitative estimate of drug-likeness (QED) is 0.831. The van der Waals surface area contributed by atoms with E-state index >= 15 is 0 Å². The van der Waals surface area contributed by atoms with E-state index in [0.29, 0.717) is 11.4 Å². The number of benzene rings is 1. The Balaban J connectivity index is 1.71. The minimum absolute atomic E-state index is 0.0638. The highest BCUT2D eigenvalue weighted by atomic mass is 16.2. The molecule has 112 valence electrons. The van der Waals surface area contributed by atoms with Crippen LogP contribution in [0, 0.1) is 0 Å². The van der Waals surface area contributed by atoms with Crippen LogP contribution >= 0.6 is 0 Å². The number of likely N-dealkylation sites (tertiary alicyclic amines) is 1. The number of amides is 1. The molecule has 3 N–H and O–H groups in total. The minimum Gasteiger partial charge on any atom is -0.399 e. The van der Waals surface area contributed by atoms with Gasteiger partial charge in [0.05, 0.1) is 5.52 Å². The first-order valence-corrected chi connectivity index (χ1v) is 7.36. The molecule has 1 amide bonds. The number of fused-ring (bicyclic) bond motifs is 1. The number of hydrogen-bond donors (Lipinski definition) is 2. The van der Waals surface area contributed by atoms with Crippen LogP contribution in [0.1, 0.15) is 23.3 Å². The van der Waals surface area contributed by atoms with Crippen LogP contribution in [0.25, 0.3) is 10.9 Å². The Kier molecular flexibility index (Phi) is 3.79. The highest BCUT2D eigenvalue weighted by Crippen LogP contribution is 2.20. The van der Waals surface area contributed by atoms with E-state index in [1.807, 2.05) is 13.1 Å². The Hall–Kier alpha value is -2.08. The molecule has 21 heavy (non-hydrogen) atoms. The number of aromatic nitrogens is 2. The second kappa shape index (κ2) is 5.73. The third-order valence-electron chi connectivity index (χ3n) is 4.09. The molecule has 1 aliphatic heterocycles. The fourth-order valence-corrected chi connectivity index (χ4v) is 2.77. The van der Waals surface area contributed by atoms with E-state index in [0.717, 1.165) is 37.1 Å². The summed E-state index contributed by atoms with van der Waals surface area (Å²) in [6.45, 7) is 3.93. The highest BCUT2D eigenvalue weighted by Gasteiger charge is 2.19. The van der Waals surface area contributed by atoms with Crippen molar-refractivity contribution in [3.05, 3.63) is 23.9 Å². The van der Waals surface area contributed by atoms with E-state index in [-0.39, 0.29) is 5.91 Å². The lowest BCUT2D eigenvalue weighted by atomic mass is 10.2. The summed E-state index contributed by atoms with van der Waals surface area (Å²) in [7, 11) is 1.82. The van der Waals surface area contributed by atoms with E-state index in [9.17, 15) is 4.79 Å². The van der Waals surface area contributed by atoms with E-state index in [1.54, 1.807) is 17.0 Å². The number of nitrogens with one attached hydrogen (secondary N) is 1. The number of carbonyl (C=O) groups is 1. The number of rotatable bonds is 4. The van der Waals surface area contributed by atoms with Crippen molar-refractivity contribution in [1.29, 1.82) is 0 Å². The van der Waals surface area contributed by atoms with Crippen molar-refractivity contribution in [2.24, 2.45) is 0 Å². The van der Waals surface area contributed by atoms with E-state index in [1.165, 1.54) is 12.8 Å². The third kappa shape index (κ3) is 2.85. The smallest absolute Gasteiger partial charge is 0.274 e. The van der Waals surface area contributed by atoms with Crippen LogP contribution in [0.3, 0.4) is 0 Å². The van der Waals surface area contributed by atoms with Crippen molar-refractivity contribution in [2.75, 3.05) is 39.0 Å². The Bertz CT molecular complexity index is 645. The van der Waals surface area contributed by atoms with Crippen molar-refractivity contribution in [3.63, 3.8) is 0 Å². The van der Waals surface area contributed by atoms with Crippen molar-refractivity contribution in [3.8, 4) is 0 Å². The van der Waals surface area contributed by atoms with Crippen molar-refractivity contribution in [1.82, 2.24) is 20.0 Å². The van der Waals surface area contributed by atoms with Crippen LogP contribution in [0.5, 0.6) is 0 Å². The number of hydrogen-bond acceptors (Lipinski definition) is 4. The third-order valence-corrected chi connectivity index (χ3v) is 4.09. The fourth-order valence-electron chi connectivity index (χ4n) is 2.77. The Morgan fingerprint density at radius 2 is 2.19 bits per heavy atom. The zero-order valence-corrected chi connectivity index (χ0v) is 12.3. The van der Waals surface area contributed by atoms with Gasteiger partial charge in [0.1, 0.15) is 0 Å². The molecule has 0 unspecified atom stereocenters. The maximum absolute atomic E-state index is 12.5. The standard InChI is InChI=1S/C15H21N5O/c1-19(8-9-20-6-2-3-7-20)15(21)14-12-10-11(16)4-5-13(12)17-18-14/h4-5,10H,2-3,6-9,16H2,1H3,(H,17,18). The molecule has 1 fully saturated rings. The van der Waals surface area contributed by atoms with Crippen LogP contribution in [0.4, 0.5) is 5.69 Å². The summed E-state index contributed by atoms with van der Waals surface area (Å²) in [4.78, 5) is 16.6. The SMILES string of the molecule is CN(CCN1CCCC1)C(=O)c1n[nH]c2ccc(N)cc12. The number of H-pyrrole nitrogens is 1. The van der Waals surface area contributed by atoms with Gasteiger partial charge in [0, 0.05) is 31.2 Å². The molecule has 1 saturated heterocycles. The molecule has 0 atom stereocenters. The molecule has 6 nitrogen and oxygen atoms in total. The molecule has 2 heterocycles. The highest BCUT2D eigenvalue weighted by molar-refractivity contribution is 6.05. The molecule has 6 heteroatoms. The summed E-state index contributed by atoms with van der Waals surface area (Å²) in [5.74, 6) is -0.0638. The Morgan fingerprint density at radius 3 is 2.95 bits per heavy atom. The van der Waals surface area contributed by atoms with Gasteiger partial charge < -0.3 is 15.5 Å². The molecule has 0 radical (unpaired) electrons. The van der Waals surface area contributed by atoms with Crippen LogP contribution in [0.2, 0.25) is 0 Å². The number of nitrogens with zero attached hydrogens (tertiary/aromatic N) is 3. The average Bonchev–Trinajstić information content (AvgIpc) is 3.12. The summed E-state index contributed by atoms with van der Waals surface area (Å²) in [5, 5.41) is 7.82. The minimum atomic E-state index is -0.0638. The molecular formula is C15H21N5O. The largest absolute Gasteiger partial charge is 0.399 e. The van der Waals surface area contributed by atoms with Gasteiger partial charge in [-0.1, -0.05) is 0 Å². The van der Waals surface area contributed by atoms with Crippen LogP contribution < -0.4 is 5.73 Å². The van der Waals surface area contributed by atoms with E-state index in [2.05, 4.69) is 15.1 Å². The molecule has 1 aromatic heterocycles. The molecule has 2 aromatic rings. The monoisotopic (exact) mass is 287 g/mol. The Labute approximate surface area is 123 Å². The van der Waals surface area contributed by atoms with Crippen molar-refractivity contribution >= 4 is 22.5 Å². The topological polar surface area (TPSA) is 78.2 Å². The summed E-state index contributed by atoms with van der Waals surface area (Å²) in [6.07, 6.45) is 2.53. The number of nitrogen functional groups attached to an aromatic ring is 1. The molecular weight excluding hydrogens is 266 g/mol. The first-order valence-electron chi connectivity index (χ1n) is 7.36. The first-order chi connectivity index (χ1) is 10.1. The summed E-state index contributed by atoms with van der Waals surface area (Å²) >= 11 is 0. The first kappa shape index (κ1) is 13.9. The van der Waals surface area contributed by atoms with Gasteiger partial charge >= 0.3 is 0 Å². The van der Waals surface area contributed by atoms with Crippen LogP contribution in [-0.4, -0.2) is 59.1 Å². The predicted molar refractivity (Wildman–Crippen MR) is 83.1 cm³/mol. The van der Waals surface area contributed by atoms with Gasteiger partial charge in [0.25, 0.3) is 5.91 Å². The van der Waals surface area contributed by atoms with Crippen LogP contribution in [0.15, 0.2) is 18.2 Å². The van der Waals surface area contributed by atoms with Crippen LogP contribution in [-0.2, 0) is 0 Å². The maximum atomic E-state index is 12.5. The second-order valence-electron chi connectivity index (χ2n) is 5.65. The fraction of sp³-hybridized carbons (Fsp3) is 0.467. The number of nitrogens with two attached hydrogens (primary N) is 1.